The Morgan fingerprint density at radius 1 is 0.750 bits per heavy atom. The van der Waals surface area contributed by atoms with E-state index in [0.29, 0.717) is 49.8 Å². The first kappa shape index (κ1) is 24.5. The van der Waals surface area contributed by atoms with Gasteiger partial charge in [0.15, 0.2) is 0 Å². The third kappa shape index (κ3) is 6.94. The molecule has 4 heterocycles. The molecule has 14 heteroatoms. The van der Waals surface area contributed by atoms with Gasteiger partial charge in [-0.2, -0.15) is 29.9 Å². The average Bonchev–Trinajstić information content (AvgIpc) is 3.45. The second-order valence-corrected chi connectivity index (χ2v) is 8.25. The van der Waals surface area contributed by atoms with Gasteiger partial charge in [-0.1, -0.05) is 0 Å². The van der Waals surface area contributed by atoms with E-state index in [2.05, 4.69) is 45.9 Å². The SMILES string of the molecule is Cc1cc(CCNc2nc(N)nc(NCc3cc(CCNc4nc(N)nc(N(C)C)n4)co3)n2)co1. The van der Waals surface area contributed by atoms with Crippen molar-refractivity contribution in [2.75, 3.05) is 59.5 Å². The van der Waals surface area contributed by atoms with Crippen LogP contribution in [0.5, 0.6) is 0 Å². The highest BCUT2D eigenvalue weighted by molar-refractivity contribution is 5.41. The van der Waals surface area contributed by atoms with Gasteiger partial charge in [-0.15, -0.1) is 0 Å². The molecule has 190 valence electrons. The fraction of sp³-hybridized carbons (Fsp3) is 0.364. The number of rotatable bonds is 12. The fourth-order valence-electron chi connectivity index (χ4n) is 3.29. The number of nitrogens with zero attached hydrogens (tertiary/aromatic N) is 7. The van der Waals surface area contributed by atoms with Gasteiger partial charge in [0.25, 0.3) is 0 Å². The van der Waals surface area contributed by atoms with Crippen molar-refractivity contribution in [3.63, 3.8) is 0 Å². The molecule has 0 bridgehead atoms. The summed E-state index contributed by atoms with van der Waals surface area (Å²) < 4.78 is 11.0. The van der Waals surface area contributed by atoms with Gasteiger partial charge in [-0.25, -0.2) is 0 Å². The van der Waals surface area contributed by atoms with Crippen LogP contribution in [0.2, 0.25) is 0 Å². The molecule has 0 saturated heterocycles. The van der Waals surface area contributed by atoms with Crippen molar-refractivity contribution in [2.45, 2.75) is 26.3 Å². The number of hydrogen-bond acceptors (Lipinski definition) is 14. The summed E-state index contributed by atoms with van der Waals surface area (Å²) in [5.41, 5.74) is 13.7. The number of furan rings is 2. The summed E-state index contributed by atoms with van der Waals surface area (Å²) in [4.78, 5) is 26.9. The van der Waals surface area contributed by atoms with Crippen LogP contribution < -0.4 is 32.3 Å². The molecular weight excluding hydrogens is 464 g/mol. The van der Waals surface area contributed by atoms with E-state index in [4.69, 9.17) is 20.3 Å². The number of nitrogen functional groups attached to an aromatic ring is 2. The van der Waals surface area contributed by atoms with Crippen molar-refractivity contribution in [2.24, 2.45) is 0 Å². The molecule has 0 aliphatic rings. The maximum Gasteiger partial charge on any atom is 0.231 e. The van der Waals surface area contributed by atoms with E-state index < -0.39 is 0 Å². The Kier molecular flexibility index (Phi) is 7.63. The topological polar surface area (TPSA) is 195 Å². The van der Waals surface area contributed by atoms with E-state index in [1.54, 1.807) is 17.4 Å². The molecule has 7 N–H and O–H groups in total. The van der Waals surface area contributed by atoms with Crippen LogP contribution >= 0.6 is 0 Å². The minimum Gasteiger partial charge on any atom is -0.469 e. The molecule has 0 atom stereocenters. The maximum atomic E-state index is 5.84. The van der Waals surface area contributed by atoms with Gasteiger partial charge in [0, 0.05) is 27.2 Å². The molecule has 0 spiro atoms. The number of nitrogens with two attached hydrogens (primary N) is 2. The summed E-state index contributed by atoms with van der Waals surface area (Å²) >= 11 is 0. The lowest BCUT2D eigenvalue weighted by Crippen LogP contribution is -2.17. The molecule has 0 aliphatic carbocycles. The number of anilines is 6. The molecule has 0 amide bonds. The summed E-state index contributed by atoms with van der Waals surface area (Å²) in [5, 5.41) is 9.43. The molecule has 4 aromatic heterocycles. The van der Waals surface area contributed by atoms with Gasteiger partial charge >= 0.3 is 0 Å². The summed E-state index contributed by atoms with van der Waals surface area (Å²) in [6.07, 6.45) is 4.92. The van der Waals surface area contributed by atoms with Gasteiger partial charge in [0.1, 0.15) is 11.5 Å². The predicted octanol–water partition coefficient (Wildman–Crippen LogP) is 1.70. The molecule has 0 aliphatic heterocycles. The lowest BCUT2D eigenvalue weighted by atomic mass is 10.2. The number of nitrogens with one attached hydrogen (secondary N) is 3. The number of hydrogen-bond donors (Lipinski definition) is 5. The highest BCUT2D eigenvalue weighted by atomic mass is 16.3. The van der Waals surface area contributed by atoms with Crippen LogP contribution in [-0.4, -0.2) is 57.1 Å². The van der Waals surface area contributed by atoms with Gasteiger partial charge in [0.05, 0.1) is 19.1 Å². The molecule has 14 nitrogen and oxygen atoms in total. The van der Waals surface area contributed by atoms with E-state index in [0.717, 1.165) is 29.1 Å². The summed E-state index contributed by atoms with van der Waals surface area (Å²) in [7, 11) is 3.68. The summed E-state index contributed by atoms with van der Waals surface area (Å²) in [5.74, 6) is 3.56. The maximum absolute atomic E-state index is 5.84. The van der Waals surface area contributed by atoms with Crippen LogP contribution in [0.15, 0.2) is 33.5 Å². The van der Waals surface area contributed by atoms with Crippen molar-refractivity contribution >= 4 is 35.7 Å². The minimum absolute atomic E-state index is 0.122. The Balaban J connectivity index is 1.25. The van der Waals surface area contributed by atoms with Crippen molar-refractivity contribution in [3.8, 4) is 0 Å². The Bertz CT molecular complexity index is 1290. The zero-order chi connectivity index (χ0) is 25.5. The first-order valence-electron chi connectivity index (χ1n) is 11.4. The molecule has 4 aromatic rings. The Labute approximate surface area is 208 Å². The first-order chi connectivity index (χ1) is 17.3. The monoisotopic (exact) mass is 494 g/mol. The first-order valence-corrected chi connectivity index (χ1v) is 11.4. The second kappa shape index (κ2) is 11.2. The summed E-state index contributed by atoms with van der Waals surface area (Å²) in [6.45, 7) is 3.53. The zero-order valence-corrected chi connectivity index (χ0v) is 20.4. The molecule has 0 saturated carbocycles. The highest BCUT2D eigenvalue weighted by Crippen LogP contribution is 2.14. The molecule has 36 heavy (non-hydrogen) atoms. The number of aromatic nitrogens is 6. The third-order valence-electron chi connectivity index (χ3n) is 5.00. The van der Waals surface area contributed by atoms with E-state index in [1.165, 1.54) is 0 Å². The van der Waals surface area contributed by atoms with Gasteiger partial charge < -0.3 is 41.2 Å². The van der Waals surface area contributed by atoms with Gasteiger partial charge in [-0.3, -0.25) is 0 Å². The predicted molar refractivity (Wildman–Crippen MR) is 137 cm³/mol. The Morgan fingerprint density at radius 3 is 1.97 bits per heavy atom. The molecule has 0 fully saturated rings. The molecule has 0 radical (unpaired) electrons. The smallest absolute Gasteiger partial charge is 0.231 e. The van der Waals surface area contributed by atoms with E-state index in [9.17, 15) is 0 Å². The second-order valence-electron chi connectivity index (χ2n) is 8.25. The van der Waals surface area contributed by atoms with E-state index in [1.807, 2.05) is 33.2 Å². The average molecular weight is 495 g/mol. The molecule has 0 unspecified atom stereocenters. The number of aryl methyl sites for hydroxylation is 1. The van der Waals surface area contributed by atoms with Crippen LogP contribution in [0.3, 0.4) is 0 Å². The van der Waals surface area contributed by atoms with Crippen molar-refractivity contribution < 1.29 is 8.83 Å². The standard InChI is InChI=1S/C22H30N12O2/c1-13-8-14(11-35-13)4-6-25-19-28-17(23)29-21(32-19)27-10-16-9-15(12-36-16)5-7-26-20-30-18(24)31-22(33-20)34(2)3/h8-9,11-12H,4-7,10H2,1-3H3,(H3,24,26,30,31,33)(H4,23,25,27,28,29,32). The lowest BCUT2D eigenvalue weighted by molar-refractivity contribution is 0.515. The highest BCUT2D eigenvalue weighted by Gasteiger charge is 2.09. The zero-order valence-electron chi connectivity index (χ0n) is 20.4. The lowest BCUT2D eigenvalue weighted by Gasteiger charge is -2.11. The van der Waals surface area contributed by atoms with E-state index >= 15 is 0 Å². The van der Waals surface area contributed by atoms with Gasteiger partial charge in [-0.05, 0) is 43.0 Å². The fourth-order valence-corrected chi connectivity index (χ4v) is 3.29. The van der Waals surface area contributed by atoms with Crippen molar-refractivity contribution in [3.05, 3.63) is 47.3 Å². The van der Waals surface area contributed by atoms with Crippen LogP contribution in [0.1, 0.15) is 22.6 Å². The Hall–Kier alpha value is -4.62. The quantitative estimate of drug-likeness (QED) is 0.191. The Morgan fingerprint density at radius 2 is 1.33 bits per heavy atom. The van der Waals surface area contributed by atoms with E-state index in [-0.39, 0.29) is 11.9 Å². The van der Waals surface area contributed by atoms with Crippen LogP contribution in [0.4, 0.5) is 35.7 Å². The van der Waals surface area contributed by atoms with Gasteiger partial charge in [0.2, 0.25) is 35.7 Å². The minimum atomic E-state index is 0.122. The van der Waals surface area contributed by atoms with Crippen LogP contribution in [-0.2, 0) is 19.4 Å². The van der Waals surface area contributed by atoms with Crippen molar-refractivity contribution in [1.29, 1.82) is 0 Å². The summed E-state index contributed by atoms with van der Waals surface area (Å²) in [6, 6.07) is 3.95. The normalized spacial score (nSPS) is 10.9. The van der Waals surface area contributed by atoms with Crippen molar-refractivity contribution in [1.82, 2.24) is 29.9 Å². The largest absolute Gasteiger partial charge is 0.469 e. The third-order valence-corrected chi connectivity index (χ3v) is 5.00. The molecule has 4 rings (SSSR count). The van der Waals surface area contributed by atoms with Crippen LogP contribution in [0.25, 0.3) is 0 Å². The van der Waals surface area contributed by atoms with Crippen LogP contribution in [0, 0.1) is 6.92 Å². The molecule has 0 aromatic carbocycles. The molecular formula is C22H30N12O2.